The number of benzene rings is 2. The summed E-state index contributed by atoms with van der Waals surface area (Å²) in [5.41, 5.74) is 3.64. The standard InChI is InChI=1S/C16H16N2O3/c1-21-16-4-2-3-12-11-17(10-9-15(12)16)13-5-7-14(8-6-13)18(19)20/h2-8H,9-11H2,1H3. The lowest BCUT2D eigenvalue weighted by Gasteiger charge is -2.31. The lowest BCUT2D eigenvalue weighted by molar-refractivity contribution is -0.384. The molecule has 0 aliphatic carbocycles. The molecule has 1 aliphatic heterocycles. The molecule has 2 aromatic carbocycles. The fraction of sp³-hybridized carbons (Fsp3) is 0.250. The summed E-state index contributed by atoms with van der Waals surface area (Å²) in [5, 5.41) is 10.7. The third kappa shape index (κ3) is 2.54. The summed E-state index contributed by atoms with van der Waals surface area (Å²) < 4.78 is 5.40. The van der Waals surface area contributed by atoms with Crippen LogP contribution in [0.25, 0.3) is 0 Å². The highest BCUT2D eigenvalue weighted by atomic mass is 16.6. The lowest BCUT2D eigenvalue weighted by atomic mass is 9.98. The molecule has 0 radical (unpaired) electrons. The van der Waals surface area contributed by atoms with Gasteiger partial charge >= 0.3 is 0 Å². The van der Waals surface area contributed by atoms with Crippen LogP contribution in [0.15, 0.2) is 42.5 Å². The van der Waals surface area contributed by atoms with E-state index in [-0.39, 0.29) is 10.6 Å². The largest absolute Gasteiger partial charge is 0.496 e. The zero-order chi connectivity index (χ0) is 14.8. The van der Waals surface area contributed by atoms with Crippen molar-refractivity contribution in [3.8, 4) is 5.75 Å². The Balaban J connectivity index is 1.84. The molecule has 0 saturated heterocycles. The molecule has 1 aliphatic rings. The van der Waals surface area contributed by atoms with E-state index < -0.39 is 0 Å². The van der Waals surface area contributed by atoms with Crippen molar-refractivity contribution in [1.82, 2.24) is 0 Å². The van der Waals surface area contributed by atoms with Crippen LogP contribution in [-0.4, -0.2) is 18.6 Å². The zero-order valence-corrected chi connectivity index (χ0v) is 11.8. The number of rotatable bonds is 3. The van der Waals surface area contributed by atoms with Crippen molar-refractivity contribution in [2.45, 2.75) is 13.0 Å². The third-order valence-corrected chi connectivity index (χ3v) is 3.87. The number of methoxy groups -OCH3 is 1. The number of non-ortho nitro benzene ring substituents is 1. The number of hydrogen-bond acceptors (Lipinski definition) is 4. The van der Waals surface area contributed by atoms with E-state index in [1.807, 2.05) is 24.3 Å². The molecule has 108 valence electrons. The number of hydrogen-bond donors (Lipinski definition) is 0. The van der Waals surface area contributed by atoms with E-state index in [2.05, 4.69) is 11.0 Å². The second-order valence-electron chi connectivity index (χ2n) is 5.04. The molecule has 5 nitrogen and oxygen atoms in total. The molecule has 0 bridgehead atoms. The van der Waals surface area contributed by atoms with Crippen LogP contribution in [0, 0.1) is 10.1 Å². The maximum absolute atomic E-state index is 10.7. The second kappa shape index (κ2) is 5.44. The summed E-state index contributed by atoms with van der Waals surface area (Å²) in [6.45, 7) is 1.68. The molecule has 2 aromatic rings. The van der Waals surface area contributed by atoms with Crippen molar-refractivity contribution in [1.29, 1.82) is 0 Å². The predicted molar refractivity (Wildman–Crippen MR) is 80.8 cm³/mol. The Bertz CT molecular complexity index is 668. The third-order valence-electron chi connectivity index (χ3n) is 3.87. The first kappa shape index (κ1) is 13.4. The first-order valence-electron chi connectivity index (χ1n) is 6.83. The molecule has 0 N–H and O–H groups in total. The molecule has 1 heterocycles. The highest BCUT2D eigenvalue weighted by Crippen LogP contribution is 2.30. The highest BCUT2D eigenvalue weighted by Gasteiger charge is 2.19. The minimum absolute atomic E-state index is 0.123. The highest BCUT2D eigenvalue weighted by molar-refractivity contribution is 5.54. The van der Waals surface area contributed by atoms with Crippen molar-refractivity contribution in [3.63, 3.8) is 0 Å². The Morgan fingerprint density at radius 2 is 1.95 bits per heavy atom. The monoisotopic (exact) mass is 284 g/mol. The van der Waals surface area contributed by atoms with Crippen LogP contribution in [0.5, 0.6) is 5.75 Å². The number of ether oxygens (including phenoxy) is 1. The SMILES string of the molecule is COc1cccc2c1CCN(c1ccc([N+](=O)[O-])cc1)C2. The van der Waals surface area contributed by atoms with E-state index >= 15 is 0 Å². The van der Waals surface area contributed by atoms with Crippen molar-refractivity contribution < 1.29 is 9.66 Å². The Kier molecular flexibility index (Phi) is 3.48. The molecule has 0 unspecified atom stereocenters. The van der Waals surface area contributed by atoms with Gasteiger partial charge in [0.25, 0.3) is 5.69 Å². The maximum Gasteiger partial charge on any atom is 0.269 e. The van der Waals surface area contributed by atoms with Crippen LogP contribution < -0.4 is 9.64 Å². The summed E-state index contributed by atoms with van der Waals surface area (Å²) in [7, 11) is 1.69. The Labute approximate surface area is 122 Å². The van der Waals surface area contributed by atoms with Gasteiger partial charge in [-0.15, -0.1) is 0 Å². The zero-order valence-electron chi connectivity index (χ0n) is 11.8. The summed E-state index contributed by atoms with van der Waals surface area (Å²) >= 11 is 0. The van der Waals surface area contributed by atoms with Gasteiger partial charge in [0.15, 0.2) is 0 Å². The fourth-order valence-electron chi connectivity index (χ4n) is 2.77. The second-order valence-corrected chi connectivity index (χ2v) is 5.04. The number of fused-ring (bicyclic) bond motifs is 1. The topological polar surface area (TPSA) is 55.6 Å². The molecular formula is C16H16N2O3. The van der Waals surface area contributed by atoms with Crippen LogP contribution in [-0.2, 0) is 13.0 Å². The number of nitrogens with zero attached hydrogens (tertiary/aromatic N) is 2. The number of anilines is 1. The van der Waals surface area contributed by atoms with Crippen molar-refractivity contribution in [2.75, 3.05) is 18.6 Å². The molecule has 5 heteroatoms. The van der Waals surface area contributed by atoms with Crippen molar-refractivity contribution in [2.24, 2.45) is 0 Å². The molecule has 0 saturated carbocycles. The summed E-state index contributed by atoms with van der Waals surface area (Å²) in [5.74, 6) is 0.941. The van der Waals surface area contributed by atoms with Crippen LogP contribution in [0.3, 0.4) is 0 Å². The van der Waals surface area contributed by atoms with Crippen LogP contribution >= 0.6 is 0 Å². The van der Waals surface area contributed by atoms with Crippen molar-refractivity contribution in [3.05, 3.63) is 63.7 Å². The van der Waals surface area contributed by atoms with Crippen LogP contribution in [0.4, 0.5) is 11.4 Å². The molecule has 0 spiro atoms. The lowest BCUT2D eigenvalue weighted by Crippen LogP contribution is -2.30. The van der Waals surface area contributed by atoms with Crippen molar-refractivity contribution >= 4 is 11.4 Å². The molecule has 0 atom stereocenters. The average Bonchev–Trinajstić information content (AvgIpc) is 2.53. The Hall–Kier alpha value is -2.56. The van der Waals surface area contributed by atoms with Gasteiger partial charge in [0, 0.05) is 36.5 Å². The maximum atomic E-state index is 10.7. The predicted octanol–water partition coefficient (Wildman–Crippen LogP) is 3.17. The van der Waals surface area contributed by atoms with E-state index in [9.17, 15) is 10.1 Å². The fourth-order valence-corrected chi connectivity index (χ4v) is 2.77. The van der Waals surface area contributed by atoms with E-state index in [1.54, 1.807) is 19.2 Å². The first-order chi connectivity index (χ1) is 10.2. The van der Waals surface area contributed by atoms with Gasteiger partial charge < -0.3 is 9.64 Å². The van der Waals surface area contributed by atoms with Gasteiger partial charge in [0.2, 0.25) is 0 Å². The van der Waals surface area contributed by atoms with E-state index in [1.165, 1.54) is 11.1 Å². The molecular weight excluding hydrogens is 268 g/mol. The van der Waals surface area contributed by atoms with Gasteiger partial charge in [0.05, 0.1) is 12.0 Å². The van der Waals surface area contributed by atoms with Gasteiger partial charge in [0.1, 0.15) is 5.75 Å². The number of nitro groups is 1. The van der Waals surface area contributed by atoms with Crippen LogP contribution in [0.1, 0.15) is 11.1 Å². The van der Waals surface area contributed by atoms with Crippen LogP contribution in [0.2, 0.25) is 0 Å². The minimum Gasteiger partial charge on any atom is -0.496 e. The van der Waals surface area contributed by atoms with Gasteiger partial charge in [-0.3, -0.25) is 10.1 Å². The van der Waals surface area contributed by atoms with E-state index in [4.69, 9.17) is 4.74 Å². The Morgan fingerprint density at radius 3 is 2.62 bits per heavy atom. The Morgan fingerprint density at radius 1 is 1.19 bits per heavy atom. The van der Waals surface area contributed by atoms with E-state index in [0.29, 0.717) is 0 Å². The van der Waals surface area contributed by atoms with Gasteiger partial charge in [-0.05, 0) is 30.2 Å². The summed E-state index contributed by atoms with van der Waals surface area (Å²) in [4.78, 5) is 12.6. The van der Waals surface area contributed by atoms with Gasteiger partial charge in [-0.1, -0.05) is 12.1 Å². The molecule has 3 rings (SSSR count). The summed E-state index contributed by atoms with van der Waals surface area (Å²) in [6, 6.07) is 12.8. The molecule has 21 heavy (non-hydrogen) atoms. The minimum atomic E-state index is -0.375. The van der Waals surface area contributed by atoms with Gasteiger partial charge in [-0.25, -0.2) is 0 Å². The summed E-state index contributed by atoms with van der Waals surface area (Å²) in [6.07, 6.45) is 0.913. The quantitative estimate of drug-likeness (QED) is 0.641. The first-order valence-corrected chi connectivity index (χ1v) is 6.83. The smallest absolute Gasteiger partial charge is 0.269 e. The number of nitro benzene ring substituents is 1. The normalized spacial score (nSPS) is 13.7. The molecule has 0 fully saturated rings. The average molecular weight is 284 g/mol. The molecule has 0 aromatic heterocycles. The van der Waals surface area contributed by atoms with E-state index in [0.717, 1.165) is 30.9 Å². The van der Waals surface area contributed by atoms with Gasteiger partial charge in [-0.2, -0.15) is 0 Å². The molecule has 0 amide bonds.